The molecule has 368 valence electrons. The van der Waals surface area contributed by atoms with Crippen molar-refractivity contribution in [2.24, 2.45) is 0 Å². The maximum absolute atomic E-state index is 5.66. The first kappa shape index (κ1) is 44.6. The van der Waals surface area contributed by atoms with Gasteiger partial charge in [0.1, 0.15) is 5.82 Å². The van der Waals surface area contributed by atoms with Crippen LogP contribution in [-0.4, -0.2) is 21.0 Å². The molecule has 4 aliphatic rings. The summed E-state index contributed by atoms with van der Waals surface area (Å²) in [6.45, 7) is 21.6. The van der Waals surface area contributed by atoms with Crippen LogP contribution in [0.1, 0.15) is 103 Å². The summed E-state index contributed by atoms with van der Waals surface area (Å²) in [6.07, 6.45) is 2.38. The molecule has 76 heavy (non-hydrogen) atoms. The molecule has 5 heterocycles. The lowest BCUT2D eigenvalue weighted by Gasteiger charge is -2.42. The van der Waals surface area contributed by atoms with Crippen molar-refractivity contribution < 1.29 is 0 Å². The first-order valence-electron chi connectivity index (χ1n) is 27.4. The third kappa shape index (κ3) is 5.89. The summed E-state index contributed by atoms with van der Waals surface area (Å²) in [6, 6.07) is 65.4. The van der Waals surface area contributed by atoms with Crippen molar-refractivity contribution in [1.82, 2.24) is 14.1 Å². The molecule has 0 N–H and O–H groups in total. The zero-order chi connectivity index (χ0) is 51.5. The Morgan fingerprint density at radius 3 is 1.92 bits per heavy atom. The van der Waals surface area contributed by atoms with E-state index >= 15 is 0 Å². The zero-order valence-corrected chi connectivity index (χ0v) is 45.7. The highest BCUT2D eigenvalue weighted by molar-refractivity contribution is 7.25. The molecule has 0 saturated carbocycles. The van der Waals surface area contributed by atoms with Crippen LogP contribution in [0.25, 0.3) is 98.0 Å². The molecule has 0 amide bonds. The molecule has 0 spiro atoms. The smallest absolute Gasteiger partial charge is 0.333 e. The Balaban J connectivity index is 1.05. The summed E-state index contributed by atoms with van der Waals surface area (Å²) in [5.41, 5.74) is 25.7. The van der Waals surface area contributed by atoms with Gasteiger partial charge in [-0.05, 0) is 157 Å². The van der Waals surface area contributed by atoms with Crippen molar-refractivity contribution in [3.05, 3.63) is 198 Å². The predicted molar refractivity (Wildman–Crippen MR) is 324 cm³/mol. The number of rotatable bonds is 3. The lowest BCUT2D eigenvalue weighted by molar-refractivity contribution is 0.331. The van der Waals surface area contributed by atoms with Gasteiger partial charge in [-0.1, -0.05) is 159 Å². The van der Waals surface area contributed by atoms with E-state index in [1.54, 1.807) is 0 Å². The second kappa shape index (κ2) is 14.8. The molecular weight excluding hydrogens is 940 g/mol. The minimum Gasteiger partial charge on any atom is -0.376 e. The van der Waals surface area contributed by atoms with E-state index in [0.29, 0.717) is 0 Å². The molecule has 0 radical (unpaired) electrons. The quantitative estimate of drug-likeness (QED) is 0.165. The average Bonchev–Trinajstić information content (AvgIpc) is 4.33. The molecule has 0 bridgehead atoms. The van der Waals surface area contributed by atoms with E-state index in [9.17, 15) is 0 Å². The van der Waals surface area contributed by atoms with Gasteiger partial charge in [0.05, 0.1) is 22.1 Å². The van der Waals surface area contributed by atoms with Gasteiger partial charge in [-0.25, -0.2) is 4.98 Å². The minimum absolute atomic E-state index is 0.00576. The predicted octanol–water partition coefficient (Wildman–Crippen LogP) is 17.3. The lowest BCUT2D eigenvalue weighted by Crippen LogP contribution is -2.60. The molecule has 6 heteroatoms. The number of thiophene rings is 1. The summed E-state index contributed by atoms with van der Waals surface area (Å²) in [5.74, 6) is 0.936. The van der Waals surface area contributed by atoms with E-state index in [4.69, 9.17) is 4.98 Å². The standard InChI is InChI=1S/C70H59BN4S/c1-67(2,3)41-24-26-43(27-25-41)75-59-35-48-47-33-54-55(69(6,7)31-30-68(54,4)5)36-53(47)70(8,9)52(48)34-50(59)45-28-29-46-49-32-51-44-22-16-17-23-62(44)76-63(51)39-58(49)74-60-38-61-57(37-56(60)71(75)64(45)65(46)74)72-66(40-18-12-10-13-19-40)73(61)42-20-14-11-15-21-42/h10-29,32-39H,30-31H2,1-9H3. The third-order valence-corrected chi connectivity index (χ3v) is 19.8. The number of para-hydroxylation sites is 1. The zero-order valence-electron chi connectivity index (χ0n) is 44.9. The highest BCUT2D eigenvalue weighted by Crippen LogP contribution is 2.58. The Morgan fingerprint density at radius 1 is 0.500 bits per heavy atom. The molecule has 0 unspecified atom stereocenters. The van der Waals surface area contributed by atoms with Gasteiger partial charge in [0.25, 0.3) is 0 Å². The molecule has 2 aliphatic carbocycles. The van der Waals surface area contributed by atoms with Crippen molar-refractivity contribution in [2.75, 3.05) is 4.81 Å². The largest absolute Gasteiger partial charge is 0.376 e. The molecule has 2 aliphatic heterocycles. The highest BCUT2D eigenvalue weighted by atomic mass is 32.1. The third-order valence-electron chi connectivity index (χ3n) is 18.7. The van der Waals surface area contributed by atoms with Crippen molar-refractivity contribution in [2.45, 2.75) is 96.8 Å². The van der Waals surface area contributed by atoms with Crippen LogP contribution in [0.4, 0.5) is 11.4 Å². The van der Waals surface area contributed by atoms with Gasteiger partial charge in [0, 0.05) is 70.2 Å². The van der Waals surface area contributed by atoms with Gasteiger partial charge in [-0.15, -0.1) is 11.3 Å². The first-order chi connectivity index (χ1) is 36.5. The second-order valence-electron chi connectivity index (χ2n) is 25.4. The maximum atomic E-state index is 5.66. The van der Waals surface area contributed by atoms with Crippen molar-refractivity contribution in [3.8, 4) is 45.0 Å². The Kier molecular flexibility index (Phi) is 8.71. The van der Waals surface area contributed by atoms with Gasteiger partial charge >= 0.3 is 6.85 Å². The number of aromatic nitrogens is 3. The van der Waals surface area contributed by atoms with Crippen molar-refractivity contribution >= 4 is 93.5 Å². The Morgan fingerprint density at radius 2 is 1.17 bits per heavy atom. The Bertz CT molecular complexity index is 4520. The Labute approximate surface area is 449 Å². The van der Waals surface area contributed by atoms with E-state index in [2.05, 4.69) is 246 Å². The Hall–Kier alpha value is -7.67. The number of fused-ring (bicyclic) bond motifs is 16. The summed E-state index contributed by atoms with van der Waals surface area (Å²) in [4.78, 5) is 8.39. The molecule has 0 saturated heterocycles. The van der Waals surface area contributed by atoms with E-state index in [0.717, 1.165) is 28.1 Å². The maximum Gasteiger partial charge on any atom is 0.333 e. The van der Waals surface area contributed by atoms with Crippen LogP contribution in [0, 0.1) is 0 Å². The molecule has 16 rings (SSSR count). The number of nitrogens with zero attached hydrogens (tertiary/aromatic N) is 4. The summed E-state index contributed by atoms with van der Waals surface area (Å²) >= 11 is 1.90. The lowest BCUT2D eigenvalue weighted by atomic mass is 9.44. The molecule has 4 nitrogen and oxygen atoms in total. The van der Waals surface area contributed by atoms with Crippen LogP contribution in [-0.2, 0) is 21.7 Å². The molecular formula is C70H59BN4S. The molecule has 12 aromatic rings. The number of anilines is 2. The average molecular weight is 999 g/mol. The molecule has 0 fully saturated rings. The monoisotopic (exact) mass is 998 g/mol. The van der Waals surface area contributed by atoms with Crippen LogP contribution < -0.4 is 15.7 Å². The van der Waals surface area contributed by atoms with Gasteiger partial charge in [0.15, 0.2) is 0 Å². The number of benzene rings is 9. The SMILES string of the molecule is CC(C)(C)c1ccc(N2B3c4cc5nc(-c6ccccc6)n(-c6ccccc6)c5cc4-n4c5cc6sc7ccccc7c6cc5c5ccc(c3c54)-c3cc4c(cc32)-c2cc3c(cc2C4(C)C)C(C)(C)CCC3(C)C)cc1. The summed E-state index contributed by atoms with van der Waals surface area (Å²) in [7, 11) is 0. The fourth-order valence-corrected chi connectivity index (χ4v) is 15.6. The number of hydrogen-bond donors (Lipinski definition) is 0. The van der Waals surface area contributed by atoms with Gasteiger partial charge in [-0.2, -0.15) is 0 Å². The number of hydrogen-bond acceptors (Lipinski definition) is 3. The first-order valence-corrected chi connectivity index (χ1v) is 28.3. The van der Waals surface area contributed by atoms with Gasteiger partial charge in [0.2, 0.25) is 0 Å². The fourth-order valence-electron chi connectivity index (χ4n) is 14.5. The van der Waals surface area contributed by atoms with Crippen LogP contribution in [0.3, 0.4) is 0 Å². The van der Waals surface area contributed by atoms with Crippen molar-refractivity contribution in [1.29, 1.82) is 0 Å². The summed E-state index contributed by atoms with van der Waals surface area (Å²) < 4.78 is 7.66. The van der Waals surface area contributed by atoms with E-state index in [1.807, 2.05) is 11.3 Å². The van der Waals surface area contributed by atoms with Gasteiger partial charge < -0.3 is 9.38 Å². The molecule has 3 aromatic heterocycles. The highest BCUT2D eigenvalue weighted by Gasteiger charge is 2.48. The van der Waals surface area contributed by atoms with Crippen LogP contribution in [0.2, 0.25) is 0 Å². The van der Waals surface area contributed by atoms with Gasteiger partial charge in [-0.3, -0.25) is 4.57 Å². The van der Waals surface area contributed by atoms with E-state index in [1.165, 1.54) is 133 Å². The molecule has 0 atom stereocenters. The topological polar surface area (TPSA) is 26.0 Å². The van der Waals surface area contributed by atoms with E-state index in [-0.39, 0.29) is 28.5 Å². The molecule has 9 aromatic carbocycles. The minimum atomic E-state index is -0.195. The summed E-state index contributed by atoms with van der Waals surface area (Å²) in [5, 5.41) is 5.22. The fraction of sp³-hybridized carbons (Fsp3) is 0.214. The normalized spacial score (nSPS) is 16.4. The van der Waals surface area contributed by atoms with Crippen LogP contribution in [0.15, 0.2) is 170 Å². The van der Waals surface area contributed by atoms with Crippen LogP contribution in [0.5, 0.6) is 0 Å². The van der Waals surface area contributed by atoms with E-state index < -0.39 is 0 Å². The second-order valence-corrected chi connectivity index (χ2v) is 26.5. The van der Waals surface area contributed by atoms with Crippen LogP contribution >= 0.6 is 11.3 Å². The number of imidazole rings is 1. The van der Waals surface area contributed by atoms with Crippen molar-refractivity contribution in [3.63, 3.8) is 0 Å².